The van der Waals surface area contributed by atoms with Crippen LogP contribution in [0.4, 0.5) is 5.69 Å². The Labute approximate surface area is 119 Å². The number of hydrogen-bond donors (Lipinski definition) is 1. The molecule has 0 amide bonds. The molecule has 1 N–H and O–H groups in total. The molecule has 0 spiro atoms. The standard InChI is InChI=1S/C16H25NOS/c1-3-14-8-4-5-10-16(14)17-15-9-6-7-13(11-15)12-19(2)18/h6-7,9,11,14,16-17H,3-5,8,10,12H2,1-2H3/t14-,16-,19+/m1/s1. The monoisotopic (exact) mass is 279 g/mol. The van der Waals surface area contributed by atoms with E-state index >= 15 is 0 Å². The van der Waals surface area contributed by atoms with E-state index in [4.69, 9.17) is 0 Å². The average Bonchev–Trinajstić information content (AvgIpc) is 2.39. The van der Waals surface area contributed by atoms with Gasteiger partial charge in [0.25, 0.3) is 0 Å². The zero-order valence-electron chi connectivity index (χ0n) is 12.0. The molecule has 0 bridgehead atoms. The summed E-state index contributed by atoms with van der Waals surface area (Å²) in [5, 5.41) is 3.70. The summed E-state index contributed by atoms with van der Waals surface area (Å²) < 4.78 is 11.3. The lowest BCUT2D eigenvalue weighted by Crippen LogP contribution is -2.31. The number of hydrogen-bond acceptors (Lipinski definition) is 2. The van der Waals surface area contributed by atoms with Crippen molar-refractivity contribution >= 4 is 16.5 Å². The summed E-state index contributed by atoms with van der Waals surface area (Å²) in [6.07, 6.45) is 8.37. The maximum absolute atomic E-state index is 11.3. The van der Waals surface area contributed by atoms with Crippen LogP contribution >= 0.6 is 0 Å². The minimum Gasteiger partial charge on any atom is -0.382 e. The Bertz CT molecular complexity index is 433. The van der Waals surface area contributed by atoms with Crippen LogP contribution in [0.15, 0.2) is 24.3 Å². The van der Waals surface area contributed by atoms with Gasteiger partial charge < -0.3 is 5.32 Å². The predicted molar refractivity (Wildman–Crippen MR) is 83.9 cm³/mol. The molecular weight excluding hydrogens is 254 g/mol. The lowest BCUT2D eigenvalue weighted by atomic mass is 9.83. The Morgan fingerprint density at radius 3 is 2.84 bits per heavy atom. The van der Waals surface area contributed by atoms with E-state index < -0.39 is 10.8 Å². The van der Waals surface area contributed by atoms with E-state index in [1.165, 1.54) is 37.8 Å². The van der Waals surface area contributed by atoms with Crippen molar-refractivity contribution in [3.05, 3.63) is 29.8 Å². The van der Waals surface area contributed by atoms with Crippen molar-refractivity contribution < 1.29 is 4.21 Å². The smallest absolute Gasteiger partial charge is 0.0483 e. The van der Waals surface area contributed by atoms with Gasteiger partial charge in [-0.15, -0.1) is 0 Å². The first-order valence-electron chi connectivity index (χ1n) is 7.34. The first-order valence-corrected chi connectivity index (χ1v) is 9.07. The van der Waals surface area contributed by atoms with Crippen molar-refractivity contribution in [1.82, 2.24) is 0 Å². The summed E-state index contributed by atoms with van der Waals surface area (Å²) >= 11 is 0. The second-order valence-electron chi connectivity index (χ2n) is 5.62. The molecule has 1 aliphatic carbocycles. The third-order valence-corrected chi connectivity index (χ3v) is 4.82. The maximum Gasteiger partial charge on any atom is 0.0483 e. The molecule has 19 heavy (non-hydrogen) atoms. The van der Waals surface area contributed by atoms with Crippen LogP contribution in [-0.4, -0.2) is 16.5 Å². The second kappa shape index (κ2) is 7.09. The topological polar surface area (TPSA) is 29.1 Å². The third kappa shape index (κ3) is 4.34. The minimum absolute atomic E-state index is 0.612. The van der Waals surface area contributed by atoms with Crippen LogP contribution in [0.2, 0.25) is 0 Å². The van der Waals surface area contributed by atoms with Gasteiger partial charge in [-0.25, -0.2) is 0 Å². The molecule has 1 aliphatic rings. The molecule has 1 saturated carbocycles. The van der Waals surface area contributed by atoms with Crippen LogP contribution in [0, 0.1) is 5.92 Å². The maximum atomic E-state index is 11.3. The van der Waals surface area contributed by atoms with Crippen molar-refractivity contribution in [2.45, 2.75) is 50.8 Å². The largest absolute Gasteiger partial charge is 0.382 e. The first-order chi connectivity index (χ1) is 9.19. The van der Waals surface area contributed by atoms with Gasteiger partial charge in [-0.1, -0.05) is 38.3 Å². The molecule has 0 unspecified atom stereocenters. The highest BCUT2D eigenvalue weighted by atomic mass is 32.2. The zero-order chi connectivity index (χ0) is 13.7. The molecule has 1 aromatic carbocycles. The van der Waals surface area contributed by atoms with Gasteiger partial charge >= 0.3 is 0 Å². The fourth-order valence-electron chi connectivity index (χ4n) is 3.09. The number of anilines is 1. The van der Waals surface area contributed by atoms with Gasteiger partial charge in [0.05, 0.1) is 0 Å². The first kappa shape index (κ1) is 14.6. The van der Waals surface area contributed by atoms with Gasteiger partial charge in [0, 0.05) is 34.5 Å². The minimum atomic E-state index is -0.768. The lowest BCUT2D eigenvalue weighted by molar-refractivity contribution is 0.317. The van der Waals surface area contributed by atoms with E-state index in [1.54, 1.807) is 6.26 Å². The summed E-state index contributed by atoms with van der Waals surface area (Å²) in [6, 6.07) is 9.02. The van der Waals surface area contributed by atoms with Crippen LogP contribution in [0.3, 0.4) is 0 Å². The molecule has 0 aliphatic heterocycles. The molecule has 1 fully saturated rings. The summed E-state index contributed by atoms with van der Waals surface area (Å²) in [7, 11) is -0.768. The van der Waals surface area contributed by atoms with Gasteiger partial charge in [0.1, 0.15) is 0 Å². The molecule has 0 aromatic heterocycles. The van der Waals surface area contributed by atoms with Crippen LogP contribution in [-0.2, 0) is 16.6 Å². The average molecular weight is 279 g/mol. The van der Waals surface area contributed by atoms with Crippen molar-refractivity contribution in [3.63, 3.8) is 0 Å². The summed E-state index contributed by atoms with van der Waals surface area (Å²) in [5.41, 5.74) is 2.35. The lowest BCUT2D eigenvalue weighted by Gasteiger charge is -2.32. The highest BCUT2D eigenvalue weighted by Crippen LogP contribution is 2.29. The van der Waals surface area contributed by atoms with E-state index in [-0.39, 0.29) is 0 Å². The van der Waals surface area contributed by atoms with Crippen LogP contribution in [0.1, 0.15) is 44.6 Å². The zero-order valence-corrected chi connectivity index (χ0v) is 12.8. The molecule has 0 heterocycles. The molecule has 3 heteroatoms. The Morgan fingerprint density at radius 1 is 1.32 bits per heavy atom. The van der Waals surface area contributed by atoms with Crippen molar-refractivity contribution in [2.75, 3.05) is 11.6 Å². The van der Waals surface area contributed by atoms with Crippen molar-refractivity contribution in [3.8, 4) is 0 Å². The Balaban J connectivity index is 2.03. The normalized spacial score (nSPS) is 24.9. The van der Waals surface area contributed by atoms with E-state index in [0.29, 0.717) is 11.8 Å². The number of benzene rings is 1. The van der Waals surface area contributed by atoms with Crippen molar-refractivity contribution in [2.24, 2.45) is 5.92 Å². The fraction of sp³-hybridized carbons (Fsp3) is 0.625. The molecule has 2 rings (SSSR count). The predicted octanol–water partition coefficient (Wildman–Crippen LogP) is 3.95. The Kier molecular flexibility index (Phi) is 5.44. The van der Waals surface area contributed by atoms with Crippen LogP contribution in [0.5, 0.6) is 0 Å². The molecule has 0 saturated heterocycles. The molecule has 3 atom stereocenters. The summed E-state index contributed by atoms with van der Waals surface area (Å²) in [5.74, 6) is 1.45. The van der Waals surface area contributed by atoms with Crippen LogP contribution in [0.25, 0.3) is 0 Å². The second-order valence-corrected chi connectivity index (χ2v) is 7.06. The highest BCUT2D eigenvalue weighted by Gasteiger charge is 2.23. The fourth-order valence-corrected chi connectivity index (χ4v) is 3.73. The summed E-state index contributed by atoms with van der Waals surface area (Å²) in [6.45, 7) is 2.29. The molecule has 2 nitrogen and oxygen atoms in total. The van der Waals surface area contributed by atoms with Gasteiger partial charge in [-0.3, -0.25) is 4.21 Å². The van der Waals surface area contributed by atoms with E-state index in [1.807, 2.05) is 0 Å². The van der Waals surface area contributed by atoms with E-state index in [2.05, 4.69) is 36.5 Å². The Morgan fingerprint density at radius 2 is 2.11 bits per heavy atom. The van der Waals surface area contributed by atoms with Gasteiger partial charge in [-0.2, -0.15) is 0 Å². The van der Waals surface area contributed by atoms with E-state index in [0.717, 1.165) is 11.5 Å². The molecule has 0 radical (unpaired) electrons. The number of rotatable bonds is 5. The highest BCUT2D eigenvalue weighted by molar-refractivity contribution is 7.83. The van der Waals surface area contributed by atoms with Gasteiger partial charge in [0.15, 0.2) is 0 Å². The van der Waals surface area contributed by atoms with E-state index in [9.17, 15) is 4.21 Å². The Hall–Kier alpha value is -0.830. The summed E-state index contributed by atoms with van der Waals surface area (Å²) in [4.78, 5) is 0. The molecule has 1 aromatic rings. The molecule has 106 valence electrons. The van der Waals surface area contributed by atoms with Crippen molar-refractivity contribution in [1.29, 1.82) is 0 Å². The number of nitrogens with one attached hydrogen (secondary N) is 1. The third-order valence-electron chi connectivity index (χ3n) is 4.08. The quantitative estimate of drug-likeness (QED) is 0.884. The van der Waals surface area contributed by atoms with Gasteiger partial charge in [-0.05, 0) is 36.5 Å². The van der Waals surface area contributed by atoms with Crippen LogP contribution < -0.4 is 5.32 Å². The molecular formula is C16H25NOS. The SMILES string of the molecule is CC[C@@H]1CCCC[C@H]1Nc1cccc(C[S@](C)=O)c1. The van der Waals surface area contributed by atoms with Gasteiger partial charge in [0.2, 0.25) is 0 Å².